The highest BCUT2D eigenvalue weighted by Gasteiger charge is 2.71. The lowest BCUT2D eigenvalue weighted by Gasteiger charge is -2.73. The van der Waals surface area contributed by atoms with Crippen molar-refractivity contribution < 1.29 is 19.2 Å². The highest BCUT2D eigenvalue weighted by molar-refractivity contribution is 5.67. The van der Waals surface area contributed by atoms with E-state index in [0.717, 1.165) is 35.8 Å². The van der Waals surface area contributed by atoms with E-state index >= 15 is 0 Å². The monoisotopic (exact) mass is 703 g/mol. The maximum atomic E-state index is 11.5. The predicted molar refractivity (Wildman–Crippen MR) is 205 cm³/mol. The molecule has 0 aromatic carbocycles. The summed E-state index contributed by atoms with van der Waals surface area (Å²) in [7, 11) is 0. The van der Waals surface area contributed by atoms with Crippen LogP contribution in [0.4, 0.5) is 0 Å². The van der Waals surface area contributed by atoms with Crippen LogP contribution < -0.4 is 5.32 Å². The molecule has 1 aromatic rings. The second kappa shape index (κ2) is 13.1. The summed E-state index contributed by atoms with van der Waals surface area (Å²) < 4.78 is 12.2. The minimum atomic E-state index is -0.765. The Bertz CT molecular complexity index is 1540. The zero-order chi connectivity index (χ0) is 37.4. The standard InChI is InChI=1S/C45H70N2O4/c1-28(2)33-15-20-45(24-30(4)46-27-32-23-29(3)47-51-32)22-21-43(11)34(39(33)45)13-14-36-42(10)18-17-37(41(8,9)35(42)16-19-44(36,43)12)50-31(5)25-40(6,7)26-38(48)49/h23,33-37,39,46H,1,4-5,13-22,24-27H2,2-3,6-12H3,(H,48,49)/t33?,34-,35?,36?,37+,39?,42+,43-,44-,45-/m1/s1. The first-order valence-electron chi connectivity index (χ1n) is 20.2. The molecular formula is C45H70N2O4. The lowest BCUT2D eigenvalue weighted by molar-refractivity contribution is -0.249. The van der Waals surface area contributed by atoms with Crippen LogP contribution in [0.5, 0.6) is 0 Å². The first kappa shape index (κ1) is 38.2. The summed E-state index contributed by atoms with van der Waals surface area (Å²) in [6, 6.07) is 2.01. The smallest absolute Gasteiger partial charge is 0.303 e. The number of aliphatic carboxylic acids is 1. The van der Waals surface area contributed by atoms with E-state index < -0.39 is 5.97 Å². The molecule has 0 radical (unpaired) electrons. The van der Waals surface area contributed by atoms with E-state index in [-0.39, 0.29) is 34.2 Å². The average Bonchev–Trinajstić information content (AvgIpc) is 3.60. The first-order chi connectivity index (χ1) is 23.7. The van der Waals surface area contributed by atoms with Gasteiger partial charge in [0.1, 0.15) is 6.10 Å². The molecule has 1 heterocycles. The molecule has 0 bridgehead atoms. The Balaban J connectivity index is 1.21. The van der Waals surface area contributed by atoms with E-state index in [4.69, 9.17) is 9.26 Å². The number of carboxylic acid groups (broad SMARTS) is 1. The average molecular weight is 703 g/mol. The number of carbonyl (C=O) groups is 1. The highest BCUT2D eigenvalue weighted by atomic mass is 16.5. The van der Waals surface area contributed by atoms with Crippen molar-refractivity contribution in [2.75, 3.05) is 0 Å². The quantitative estimate of drug-likeness (QED) is 0.167. The molecule has 6 nitrogen and oxygen atoms in total. The van der Waals surface area contributed by atoms with E-state index in [9.17, 15) is 9.90 Å². The molecule has 2 N–H and O–H groups in total. The van der Waals surface area contributed by atoms with Gasteiger partial charge in [-0.3, -0.25) is 4.79 Å². The zero-order valence-electron chi connectivity index (χ0n) is 33.7. The summed E-state index contributed by atoms with van der Waals surface area (Å²) >= 11 is 0. The molecule has 0 aliphatic heterocycles. The summed E-state index contributed by atoms with van der Waals surface area (Å²) in [6.45, 7) is 35.5. The van der Waals surface area contributed by atoms with Gasteiger partial charge in [0.25, 0.3) is 0 Å². The van der Waals surface area contributed by atoms with Crippen LogP contribution >= 0.6 is 0 Å². The molecule has 0 spiro atoms. The molecule has 5 fully saturated rings. The number of fused-ring (bicyclic) bond motifs is 7. The fourth-order valence-electron chi connectivity index (χ4n) is 14.2. The fraction of sp³-hybridized carbons (Fsp3) is 0.778. The van der Waals surface area contributed by atoms with Crippen LogP contribution in [0, 0.1) is 69.0 Å². The molecule has 6 rings (SSSR count). The van der Waals surface area contributed by atoms with Crippen LogP contribution in [0.15, 0.2) is 47.4 Å². The molecule has 284 valence electrons. The SMILES string of the molecule is C=C(C[C@]12CCC(C(=C)C)C1[C@H]1CCC3[C@@]4(C)CC[C@H](OC(=C)CC(C)(C)CC(=O)O)C(C)(C)C4CC[C@@]3(C)[C@]1(C)CC2)NCc1cc(C)no1. The molecule has 5 aliphatic rings. The van der Waals surface area contributed by atoms with Gasteiger partial charge < -0.3 is 19.7 Å². The maximum absolute atomic E-state index is 11.5. The number of carboxylic acids is 1. The van der Waals surface area contributed by atoms with Gasteiger partial charge in [-0.25, -0.2) is 0 Å². The van der Waals surface area contributed by atoms with Gasteiger partial charge >= 0.3 is 5.97 Å². The Kier molecular flexibility index (Phi) is 9.83. The van der Waals surface area contributed by atoms with Crippen LogP contribution in [0.2, 0.25) is 0 Å². The van der Waals surface area contributed by atoms with Gasteiger partial charge in [-0.1, -0.05) is 78.9 Å². The van der Waals surface area contributed by atoms with E-state index in [1.54, 1.807) is 0 Å². The van der Waals surface area contributed by atoms with Gasteiger partial charge in [0, 0.05) is 23.6 Å². The second-order valence-electron chi connectivity index (χ2n) is 20.5. The third-order valence-electron chi connectivity index (χ3n) is 16.5. The number of rotatable bonds is 12. The van der Waals surface area contributed by atoms with Crippen LogP contribution in [0.1, 0.15) is 150 Å². The van der Waals surface area contributed by atoms with Crippen LogP contribution in [-0.4, -0.2) is 22.3 Å². The highest BCUT2D eigenvalue weighted by Crippen LogP contribution is 2.78. The minimum absolute atomic E-state index is 0.0158. The Morgan fingerprint density at radius 2 is 1.69 bits per heavy atom. The van der Waals surface area contributed by atoms with E-state index in [1.807, 2.05) is 26.8 Å². The van der Waals surface area contributed by atoms with Gasteiger partial charge in [0.2, 0.25) is 0 Å². The number of hydrogen-bond acceptors (Lipinski definition) is 5. The van der Waals surface area contributed by atoms with Crippen molar-refractivity contribution in [1.29, 1.82) is 0 Å². The minimum Gasteiger partial charge on any atom is -0.495 e. The van der Waals surface area contributed by atoms with Crippen molar-refractivity contribution in [3.8, 4) is 0 Å². The summed E-state index contributed by atoms with van der Waals surface area (Å²) in [5, 5.41) is 17.1. The first-order valence-corrected chi connectivity index (χ1v) is 20.2. The number of hydrogen-bond donors (Lipinski definition) is 2. The van der Waals surface area contributed by atoms with Crippen molar-refractivity contribution in [3.05, 3.63) is 54.3 Å². The Labute approximate surface area is 309 Å². The van der Waals surface area contributed by atoms with Gasteiger partial charge in [0.05, 0.1) is 24.4 Å². The summed E-state index contributed by atoms with van der Waals surface area (Å²) in [5.74, 6) is 4.08. The number of nitrogens with zero attached hydrogens (tertiary/aromatic N) is 1. The molecule has 5 saturated carbocycles. The number of allylic oxidation sites excluding steroid dienone is 3. The molecule has 0 amide bonds. The molecule has 5 aliphatic carbocycles. The normalized spacial score (nSPS) is 39.9. The molecule has 0 saturated heterocycles. The zero-order valence-corrected chi connectivity index (χ0v) is 33.7. The summed E-state index contributed by atoms with van der Waals surface area (Å²) in [6.07, 6.45) is 14.4. The van der Waals surface area contributed by atoms with Crippen LogP contribution in [0.3, 0.4) is 0 Å². The number of aryl methyl sites for hydroxylation is 1. The number of aromatic nitrogens is 1. The Morgan fingerprint density at radius 1 is 0.961 bits per heavy atom. The fourth-order valence-corrected chi connectivity index (χ4v) is 14.2. The summed E-state index contributed by atoms with van der Waals surface area (Å²) in [4.78, 5) is 11.5. The number of nitrogens with one attached hydrogen (secondary N) is 1. The molecular weight excluding hydrogens is 633 g/mol. The van der Waals surface area contributed by atoms with Crippen molar-refractivity contribution in [1.82, 2.24) is 10.5 Å². The lowest BCUT2D eigenvalue weighted by Crippen LogP contribution is -2.66. The van der Waals surface area contributed by atoms with E-state index in [0.29, 0.717) is 53.4 Å². The topological polar surface area (TPSA) is 84.6 Å². The van der Waals surface area contributed by atoms with Gasteiger partial charge in [0.15, 0.2) is 5.76 Å². The molecule has 6 heteroatoms. The Hall–Kier alpha value is -2.50. The van der Waals surface area contributed by atoms with Gasteiger partial charge in [-0.2, -0.15) is 0 Å². The van der Waals surface area contributed by atoms with Crippen molar-refractivity contribution in [2.45, 2.75) is 158 Å². The molecule has 4 unspecified atom stereocenters. The summed E-state index contributed by atoms with van der Waals surface area (Å²) in [5.41, 5.74) is 4.22. The predicted octanol–water partition coefficient (Wildman–Crippen LogP) is 11.4. The van der Waals surface area contributed by atoms with Gasteiger partial charge in [-0.05, 0) is 141 Å². The molecule has 1 aromatic heterocycles. The van der Waals surface area contributed by atoms with Crippen molar-refractivity contribution in [3.63, 3.8) is 0 Å². The Morgan fingerprint density at radius 3 is 2.33 bits per heavy atom. The third-order valence-corrected chi connectivity index (χ3v) is 16.5. The van der Waals surface area contributed by atoms with E-state index in [1.165, 1.54) is 63.4 Å². The van der Waals surface area contributed by atoms with Crippen molar-refractivity contribution in [2.24, 2.45) is 62.1 Å². The molecule has 10 atom stereocenters. The van der Waals surface area contributed by atoms with Gasteiger partial charge in [-0.15, -0.1) is 0 Å². The third kappa shape index (κ3) is 6.45. The molecule has 51 heavy (non-hydrogen) atoms. The largest absolute Gasteiger partial charge is 0.495 e. The van der Waals surface area contributed by atoms with Crippen LogP contribution in [0.25, 0.3) is 0 Å². The van der Waals surface area contributed by atoms with Crippen LogP contribution in [-0.2, 0) is 16.1 Å². The lowest BCUT2D eigenvalue weighted by atomic mass is 9.32. The van der Waals surface area contributed by atoms with Crippen molar-refractivity contribution >= 4 is 5.97 Å². The maximum Gasteiger partial charge on any atom is 0.303 e. The second-order valence-corrected chi connectivity index (χ2v) is 20.5. The van der Waals surface area contributed by atoms with E-state index in [2.05, 4.69) is 71.8 Å². The number of ether oxygens (including phenoxy) is 1.